The third kappa shape index (κ3) is 3.56. The van der Waals surface area contributed by atoms with E-state index in [1.807, 2.05) is 4.90 Å². The summed E-state index contributed by atoms with van der Waals surface area (Å²) >= 11 is 5.85. The van der Waals surface area contributed by atoms with Crippen LogP contribution in [0.2, 0.25) is 5.02 Å². The summed E-state index contributed by atoms with van der Waals surface area (Å²) in [5, 5.41) is 12.1. The topological polar surface area (TPSA) is 71.1 Å². The molecule has 0 aromatic heterocycles. The van der Waals surface area contributed by atoms with E-state index in [0.29, 0.717) is 36.8 Å². The number of hydrogen-bond donors (Lipinski definition) is 2. The van der Waals surface area contributed by atoms with Gasteiger partial charge in [-0.2, -0.15) is 0 Å². The van der Waals surface area contributed by atoms with Crippen molar-refractivity contribution in [2.45, 2.75) is 12.6 Å². The van der Waals surface area contributed by atoms with E-state index in [9.17, 15) is 4.39 Å². The van der Waals surface area contributed by atoms with Gasteiger partial charge in [-0.1, -0.05) is 16.8 Å². The summed E-state index contributed by atoms with van der Waals surface area (Å²) in [4.78, 5) is 1.97. The van der Waals surface area contributed by atoms with Gasteiger partial charge in [-0.15, -0.1) is 0 Å². The molecule has 7 heteroatoms. The van der Waals surface area contributed by atoms with Gasteiger partial charge < -0.3 is 15.7 Å². The van der Waals surface area contributed by atoms with E-state index in [2.05, 4.69) is 5.16 Å². The lowest BCUT2D eigenvalue weighted by atomic mass is 10.1. The van der Waals surface area contributed by atoms with Crippen LogP contribution in [0.15, 0.2) is 23.4 Å². The maximum absolute atomic E-state index is 13.6. The third-order valence-corrected chi connectivity index (χ3v) is 3.23. The van der Waals surface area contributed by atoms with Crippen molar-refractivity contribution in [3.05, 3.63) is 34.6 Å². The molecule has 0 radical (unpaired) electrons. The average Bonchev–Trinajstić information content (AvgIpc) is 2.42. The predicted octanol–water partition coefficient (Wildman–Crippen LogP) is 1.43. The molecule has 1 aliphatic heterocycles. The largest absolute Gasteiger partial charge is 0.409 e. The van der Waals surface area contributed by atoms with Gasteiger partial charge in [0.25, 0.3) is 0 Å². The molecule has 5 nitrogen and oxygen atoms in total. The number of nitrogens with zero attached hydrogens (tertiary/aromatic N) is 2. The molecule has 1 saturated heterocycles. The van der Waals surface area contributed by atoms with Crippen molar-refractivity contribution in [2.75, 3.05) is 19.7 Å². The highest BCUT2D eigenvalue weighted by atomic mass is 35.5. The lowest BCUT2D eigenvalue weighted by Crippen LogP contribution is -2.48. The van der Waals surface area contributed by atoms with Crippen molar-refractivity contribution in [2.24, 2.45) is 10.9 Å². The van der Waals surface area contributed by atoms with Gasteiger partial charge in [0.2, 0.25) is 0 Å². The number of hydrogen-bond acceptors (Lipinski definition) is 4. The summed E-state index contributed by atoms with van der Waals surface area (Å²) in [5.41, 5.74) is 6.03. The Morgan fingerprint density at radius 2 is 2.42 bits per heavy atom. The molecule has 19 heavy (non-hydrogen) atoms. The first kappa shape index (κ1) is 14.0. The van der Waals surface area contributed by atoms with Gasteiger partial charge in [0, 0.05) is 30.2 Å². The fourth-order valence-electron chi connectivity index (χ4n) is 1.99. The zero-order chi connectivity index (χ0) is 13.8. The number of amidine groups is 1. The molecule has 1 aromatic rings. The summed E-state index contributed by atoms with van der Waals surface area (Å²) in [6, 6.07) is 4.46. The molecule has 1 unspecified atom stereocenters. The minimum atomic E-state index is -0.471. The molecule has 1 fully saturated rings. The average molecular weight is 288 g/mol. The second-order valence-corrected chi connectivity index (χ2v) is 4.79. The summed E-state index contributed by atoms with van der Waals surface area (Å²) < 4.78 is 19.0. The van der Waals surface area contributed by atoms with E-state index in [-0.39, 0.29) is 11.7 Å². The monoisotopic (exact) mass is 287 g/mol. The lowest BCUT2D eigenvalue weighted by molar-refractivity contribution is 0.00105. The molecule has 3 N–H and O–H groups in total. The van der Waals surface area contributed by atoms with Crippen molar-refractivity contribution in [1.82, 2.24) is 4.90 Å². The number of morpholine rings is 1. The van der Waals surface area contributed by atoms with Crippen LogP contribution in [-0.2, 0) is 11.3 Å². The molecule has 0 saturated carbocycles. The van der Waals surface area contributed by atoms with Gasteiger partial charge in [0.15, 0.2) is 5.84 Å². The van der Waals surface area contributed by atoms with Gasteiger partial charge in [-0.25, -0.2) is 4.39 Å². The molecule has 0 spiro atoms. The molecule has 104 valence electrons. The van der Waals surface area contributed by atoms with Crippen molar-refractivity contribution >= 4 is 17.4 Å². The fraction of sp³-hybridized carbons (Fsp3) is 0.417. The van der Waals surface area contributed by atoms with Gasteiger partial charge in [-0.05, 0) is 18.2 Å². The van der Waals surface area contributed by atoms with E-state index in [4.69, 9.17) is 27.3 Å². The Kier molecular flexibility index (Phi) is 4.57. The van der Waals surface area contributed by atoms with E-state index < -0.39 is 6.10 Å². The highest BCUT2D eigenvalue weighted by Gasteiger charge is 2.24. The molecule has 1 aliphatic rings. The first-order valence-electron chi connectivity index (χ1n) is 5.85. The zero-order valence-corrected chi connectivity index (χ0v) is 11.0. The van der Waals surface area contributed by atoms with Gasteiger partial charge in [0.05, 0.1) is 6.61 Å². The Morgan fingerprint density at radius 1 is 1.63 bits per heavy atom. The Bertz CT molecular complexity index is 484. The zero-order valence-electron chi connectivity index (χ0n) is 10.2. The number of oxime groups is 1. The molecule has 0 aliphatic carbocycles. The van der Waals surface area contributed by atoms with Crippen LogP contribution in [0.4, 0.5) is 4.39 Å². The lowest BCUT2D eigenvalue weighted by Gasteiger charge is -2.32. The quantitative estimate of drug-likeness (QED) is 0.382. The molecule has 1 aromatic carbocycles. The van der Waals surface area contributed by atoms with Crippen LogP contribution in [0, 0.1) is 5.82 Å². The van der Waals surface area contributed by atoms with Gasteiger partial charge in [-0.3, -0.25) is 4.90 Å². The standard InChI is InChI=1S/C12H15ClFN3O2/c13-9-1-2-10(14)8(5-9)6-17-3-4-19-11(7-17)12(15)16-18/h1-2,5,11,18H,3-4,6-7H2,(H2,15,16). The summed E-state index contributed by atoms with van der Waals surface area (Å²) in [6.45, 7) is 1.96. The number of rotatable bonds is 3. The van der Waals surface area contributed by atoms with Crippen LogP contribution in [0.3, 0.4) is 0 Å². The van der Waals surface area contributed by atoms with Crippen molar-refractivity contribution in [1.29, 1.82) is 0 Å². The van der Waals surface area contributed by atoms with E-state index in [0.717, 1.165) is 0 Å². The van der Waals surface area contributed by atoms with Crippen LogP contribution in [0.25, 0.3) is 0 Å². The van der Waals surface area contributed by atoms with Crippen LogP contribution in [-0.4, -0.2) is 41.7 Å². The van der Waals surface area contributed by atoms with E-state index >= 15 is 0 Å². The Labute approximate surface area is 115 Å². The molecule has 1 heterocycles. The highest BCUT2D eigenvalue weighted by molar-refractivity contribution is 6.30. The number of halogens is 2. The SMILES string of the molecule is N/C(=N/O)C1CN(Cc2cc(Cl)ccc2F)CCO1. The first-order chi connectivity index (χ1) is 9.10. The van der Waals surface area contributed by atoms with Gasteiger partial charge in [0.1, 0.15) is 11.9 Å². The maximum Gasteiger partial charge on any atom is 0.169 e. The normalized spacial score (nSPS) is 21.6. The third-order valence-electron chi connectivity index (χ3n) is 3.00. The smallest absolute Gasteiger partial charge is 0.169 e. The molecule has 1 atom stereocenters. The molecule has 0 bridgehead atoms. The Balaban J connectivity index is 2.04. The Morgan fingerprint density at radius 3 is 3.16 bits per heavy atom. The second-order valence-electron chi connectivity index (χ2n) is 4.36. The first-order valence-corrected chi connectivity index (χ1v) is 6.23. The van der Waals surface area contributed by atoms with Gasteiger partial charge >= 0.3 is 0 Å². The highest BCUT2D eigenvalue weighted by Crippen LogP contribution is 2.18. The van der Waals surface area contributed by atoms with E-state index in [1.165, 1.54) is 12.1 Å². The van der Waals surface area contributed by atoms with Crippen LogP contribution >= 0.6 is 11.6 Å². The summed E-state index contributed by atoms with van der Waals surface area (Å²) in [5.74, 6) is -0.271. The van der Waals surface area contributed by atoms with Crippen LogP contribution in [0.1, 0.15) is 5.56 Å². The van der Waals surface area contributed by atoms with Crippen LogP contribution in [0.5, 0.6) is 0 Å². The van der Waals surface area contributed by atoms with Crippen molar-refractivity contribution < 1.29 is 14.3 Å². The molecule has 0 amide bonds. The number of nitrogens with two attached hydrogens (primary N) is 1. The van der Waals surface area contributed by atoms with Crippen molar-refractivity contribution in [3.63, 3.8) is 0 Å². The van der Waals surface area contributed by atoms with Crippen LogP contribution < -0.4 is 5.73 Å². The Hall–Kier alpha value is -1.37. The number of benzene rings is 1. The molecular weight excluding hydrogens is 273 g/mol. The minimum Gasteiger partial charge on any atom is -0.409 e. The molecule has 2 rings (SSSR count). The second kappa shape index (κ2) is 6.18. The fourth-order valence-corrected chi connectivity index (χ4v) is 2.19. The molecular formula is C12H15ClFN3O2. The van der Waals surface area contributed by atoms with Crippen molar-refractivity contribution in [3.8, 4) is 0 Å². The van der Waals surface area contributed by atoms with E-state index in [1.54, 1.807) is 6.07 Å². The predicted molar refractivity (Wildman–Crippen MR) is 69.8 cm³/mol. The summed E-state index contributed by atoms with van der Waals surface area (Å²) in [7, 11) is 0. The minimum absolute atomic E-state index is 0.0243. The summed E-state index contributed by atoms with van der Waals surface area (Å²) in [6.07, 6.45) is -0.471. The maximum atomic E-state index is 13.6. The number of ether oxygens (including phenoxy) is 1.